The van der Waals surface area contributed by atoms with Crippen LogP contribution in [0.5, 0.6) is 0 Å². The minimum absolute atomic E-state index is 0.0397. The molecule has 1 aromatic rings. The van der Waals surface area contributed by atoms with Gasteiger partial charge in [0.15, 0.2) is 0 Å². The second-order valence-electron chi connectivity index (χ2n) is 3.28. The van der Waals surface area contributed by atoms with Gasteiger partial charge in [-0.05, 0) is 24.1 Å². The molecule has 0 fully saturated rings. The van der Waals surface area contributed by atoms with Gasteiger partial charge in [-0.25, -0.2) is 8.42 Å². The fraction of sp³-hybridized carbons (Fsp3) is 0.400. The largest absolute Gasteiger partial charge is 0.392 e. The number of nitrogens with one attached hydrogen (secondary N) is 1. The van der Waals surface area contributed by atoms with Crippen molar-refractivity contribution in [3.8, 4) is 0 Å². The van der Waals surface area contributed by atoms with Crippen LogP contribution in [-0.4, -0.2) is 19.3 Å². The lowest BCUT2D eigenvalue weighted by molar-refractivity contribution is 0.282. The van der Waals surface area contributed by atoms with E-state index in [4.69, 9.17) is 5.11 Å². The van der Waals surface area contributed by atoms with Gasteiger partial charge in [0.05, 0.1) is 12.4 Å². The van der Waals surface area contributed by atoms with Crippen molar-refractivity contribution in [3.05, 3.63) is 29.8 Å². The fourth-order valence-corrected chi connectivity index (χ4v) is 2.31. The topological polar surface area (TPSA) is 66.4 Å². The Morgan fingerprint density at radius 3 is 2.33 bits per heavy atom. The zero-order chi connectivity index (χ0) is 11.3. The lowest BCUT2D eigenvalue weighted by atomic mass is 10.2. The van der Waals surface area contributed by atoms with Crippen molar-refractivity contribution in [1.82, 2.24) is 0 Å². The first-order chi connectivity index (χ1) is 7.07. The van der Waals surface area contributed by atoms with E-state index in [-0.39, 0.29) is 12.4 Å². The number of hydrogen-bond donors (Lipinski definition) is 2. The number of aliphatic hydroxyl groups is 1. The number of aliphatic hydroxyl groups excluding tert-OH is 1. The van der Waals surface area contributed by atoms with Gasteiger partial charge >= 0.3 is 0 Å². The number of benzene rings is 1. The molecule has 84 valence electrons. The molecule has 15 heavy (non-hydrogen) atoms. The summed E-state index contributed by atoms with van der Waals surface area (Å²) >= 11 is 0. The standard InChI is InChI=1S/C10H15NO3S/c1-2-7-15(13,14)11-10-5-3-9(8-12)4-6-10/h3-6,11-12H,2,7-8H2,1H3. The summed E-state index contributed by atoms with van der Waals surface area (Å²) in [5, 5.41) is 8.81. The second-order valence-corrected chi connectivity index (χ2v) is 5.12. The minimum atomic E-state index is -3.22. The second kappa shape index (κ2) is 5.14. The molecular formula is C10H15NO3S. The molecule has 0 aliphatic heterocycles. The van der Waals surface area contributed by atoms with Gasteiger partial charge < -0.3 is 5.11 Å². The SMILES string of the molecule is CCCS(=O)(=O)Nc1ccc(CO)cc1. The van der Waals surface area contributed by atoms with Crippen LogP contribution < -0.4 is 4.72 Å². The van der Waals surface area contributed by atoms with E-state index in [1.54, 1.807) is 24.3 Å². The molecule has 0 radical (unpaired) electrons. The molecule has 5 heteroatoms. The van der Waals surface area contributed by atoms with E-state index in [0.29, 0.717) is 12.1 Å². The first-order valence-electron chi connectivity index (χ1n) is 4.77. The minimum Gasteiger partial charge on any atom is -0.392 e. The van der Waals surface area contributed by atoms with E-state index >= 15 is 0 Å². The van der Waals surface area contributed by atoms with Crippen molar-refractivity contribution in [3.63, 3.8) is 0 Å². The van der Waals surface area contributed by atoms with Gasteiger partial charge in [-0.15, -0.1) is 0 Å². The quantitative estimate of drug-likeness (QED) is 0.800. The highest BCUT2D eigenvalue weighted by atomic mass is 32.2. The number of anilines is 1. The van der Waals surface area contributed by atoms with Crippen LogP contribution in [0.1, 0.15) is 18.9 Å². The Kier molecular flexibility index (Phi) is 4.11. The van der Waals surface area contributed by atoms with Crippen molar-refractivity contribution in [2.45, 2.75) is 20.0 Å². The fourth-order valence-electron chi connectivity index (χ4n) is 1.18. The summed E-state index contributed by atoms with van der Waals surface area (Å²) in [6, 6.07) is 6.64. The molecule has 0 bridgehead atoms. The molecule has 1 aromatic carbocycles. The van der Waals surface area contributed by atoms with Gasteiger partial charge in [-0.1, -0.05) is 19.1 Å². The highest BCUT2D eigenvalue weighted by molar-refractivity contribution is 7.92. The molecule has 0 aliphatic carbocycles. The molecule has 0 saturated heterocycles. The van der Waals surface area contributed by atoms with Crippen molar-refractivity contribution in [2.75, 3.05) is 10.5 Å². The third-order valence-electron chi connectivity index (χ3n) is 1.88. The van der Waals surface area contributed by atoms with Crippen LogP contribution in [0.25, 0.3) is 0 Å². The molecule has 0 unspecified atom stereocenters. The Balaban J connectivity index is 2.73. The first-order valence-corrected chi connectivity index (χ1v) is 6.43. The molecule has 0 heterocycles. The van der Waals surface area contributed by atoms with Gasteiger partial charge in [0, 0.05) is 5.69 Å². The molecule has 4 nitrogen and oxygen atoms in total. The lowest BCUT2D eigenvalue weighted by Crippen LogP contribution is -2.15. The van der Waals surface area contributed by atoms with E-state index in [0.717, 1.165) is 5.56 Å². The Labute approximate surface area is 90.0 Å². The molecule has 0 aliphatic rings. The summed E-state index contributed by atoms with van der Waals surface area (Å²) in [5.41, 5.74) is 1.29. The maximum absolute atomic E-state index is 11.4. The van der Waals surface area contributed by atoms with Crippen LogP contribution in [0, 0.1) is 0 Å². The van der Waals surface area contributed by atoms with Crippen molar-refractivity contribution in [2.24, 2.45) is 0 Å². The van der Waals surface area contributed by atoms with Crippen LogP contribution >= 0.6 is 0 Å². The van der Waals surface area contributed by atoms with Gasteiger partial charge in [-0.3, -0.25) is 4.72 Å². The van der Waals surface area contributed by atoms with Crippen molar-refractivity contribution in [1.29, 1.82) is 0 Å². The molecule has 1 rings (SSSR count). The third-order valence-corrected chi connectivity index (χ3v) is 3.38. The van der Waals surface area contributed by atoms with Crippen molar-refractivity contribution < 1.29 is 13.5 Å². The van der Waals surface area contributed by atoms with E-state index in [9.17, 15) is 8.42 Å². The average molecular weight is 229 g/mol. The highest BCUT2D eigenvalue weighted by Crippen LogP contribution is 2.11. The molecule has 0 saturated carbocycles. The average Bonchev–Trinajstić information content (AvgIpc) is 2.18. The van der Waals surface area contributed by atoms with E-state index in [2.05, 4.69) is 4.72 Å². The Morgan fingerprint density at radius 1 is 1.27 bits per heavy atom. The number of hydrogen-bond acceptors (Lipinski definition) is 3. The summed E-state index contributed by atoms with van der Waals surface area (Å²) in [5.74, 6) is 0.120. The Morgan fingerprint density at radius 2 is 1.87 bits per heavy atom. The van der Waals surface area contributed by atoms with Crippen LogP contribution in [0.3, 0.4) is 0 Å². The zero-order valence-electron chi connectivity index (χ0n) is 8.60. The van der Waals surface area contributed by atoms with Gasteiger partial charge in [0.2, 0.25) is 10.0 Å². The summed E-state index contributed by atoms with van der Waals surface area (Å²) in [6.07, 6.45) is 0.587. The maximum Gasteiger partial charge on any atom is 0.232 e. The number of rotatable bonds is 5. The zero-order valence-corrected chi connectivity index (χ0v) is 9.42. The highest BCUT2D eigenvalue weighted by Gasteiger charge is 2.07. The van der Waals surface area contributed by atoms with Gasteiger partial charge in [-0.2, -0.15) is 0 Å². The van der Waals surface area contributed by atoms with Crippen LogP contribution in [0.4, 0.5) is 5.69 Å². The lowest BCUT2D eigenvalue weighted by Gasteiger charge is -2.07. The molecule has 0 spiro atoms. The normalized spacial score (nSPS) is 11.3. The molecule has 0 aromatic heterocycles. The summed E-state index contributed by atoms with van der Waals surface area (Å²) < 4.78 is 25.2. The van der Waals surface area contributed by atoms with Gasteiger partial charge in [0.1, 0.15) is 0 Å². The van der Waals surface area contributed by atoms with Gasteiger partial charge in [0.25, 0.3) is 0 Å². The smallest absolute Gasteiger partial charge is 0.232 e. The third kappa shape index (κ3) is 3.89. The molecular weight excluding hydrogens is 214 g/mol. The maximum atomic E-state index is 11.4. The Bertz CT molecular complexity index is 397. The predicted molar refractivity (Wildman–Crippen MR) is 60.1 cm³/mol. The summed E-state index contributed by atoms with van der Waals surface area (Å²) in [6.45, 7) is 1.77. The summed E-state index contributed by atoms with van der Waals surface area (Å²) in [4.78, 5) is 0. The first kappa shape index (κ1) is 12.0. The monoisotopic (exact) mass is 229 g/mol. The predicted octanol–water partition coefficient (Wildman–Crippen LogP) is 1.33. The molecule has 0 amide bonds. The van der Waals surface area contributed by atoms with Crippen LogP contribution in [0.15, 0.2) is 24.3 Å². The summed E-state index contributed by atoms with van der Waals surface area (Å²) in [7, 11) is -3.22. The molecule has 2 N–H and O–H groups in total. The van der Waals surface area contributed by atoms with E-state index in [1.165, 1.54) is 0 Å². The number of sulfonamides is 1. The van der Waals surface area contributed by atoms with E-state index in [1.807, 2.05) is 6.92 Å². The Hall–Kier alpha value is -1.07. The van der Waals surface area contributed by atoms with E-state index < -0.39 is 10.0 Å². The molecule has 0 atom stereocenters. The van der Waals surface area contributed by atoms with Crippen molar-refractivity contribution >= 4 is 15.7 Å². The van der Waals surface area contributed by atoms with Crippen LogP contribution in [0.2, 0.25) is 0 Å². The van der Waals surface area contributed by atoms with Crippen LogP contribution in [-0.2, 0) is 16.6 Å².